The fourth-order valence-electron chi connectivity index (χ4n) is 2.08. The van der Waals surface area contributed by atoms with Gasteiger partial charge in [-0.05, 0) is 25.0 Å². The van der Waals surface area contributed by atoms with E-state index in [1.54, 1.807) is 12.1 Å². The van der Waals surface area contributed by atoms with Gasteiger partial charge in [-0.15, -0.1) is 0 Å². The molecule has 104 valence electrons. The number of nitrogens with zero attached hydrogens (tertiary/aromatic N) is 1. The summed E-state index contributed by atoms with van der Waals surface area (Å²) >= 11 is 0. The lowest BCUT2D eigenvalue weighted by molar-refractivity contribution is -0.384. The van der Waals surface area contributed by atoms with Gasteiger partial charge in [-0.2, -0.15) is 0 Å². The van der Waals surface area contributed by atoms with Crippen LogP contribution in [0.3, 0.4) is 0 Å². The summed E-state index contributed by atoms with van der Waals surface area (Å²) in [4.78, 5) is 21.5. The molecule has 1 aliphatic rings. The third kappa shape index (κ3) is 3.56. The summed E-state index contributed by atoms with van der Waals surface area (Å²) in [7, 11) is 0. The van der Waals surface area contributed by atoms with Gasteiger partial charge in [-0.3, -0.25) is 14.9 Å². The number of carbonyl (C=O) groups is 1. The Morgan fingerprint density at radius 3 is 2.70 bits per heavy atom. The van der Waals surface area contributed by atoms with Crippen LogP contribution in [0.2, 0.25) is 0 Å². The molecule has 0 radical (unpaired) electrons. The Morgan fingerprint density at radius 1 is 1.45 bits per heavy atom. The molecular formula is C14H15N3O3. The van der Waals surface area contributed by atoms with E-state index in [4.69, 9.17) is 5.73 Å². The lowest BCUT2D eigenvalue weighted by atomic mass is 9.99. The van der Waals surface area contributed by atoms with Crippen LogP contribution in [-0.2, 0) is 4.79 Å². The van der Waals surface area contributed by atoms with Crippen molar-refractivity contribution in [2.45, 2.75) is 18.9 Å². The molecule has 2 atom stereocenters. The van der Waals surface area contributed by atoms with Gasteiger partial charge < -0.3 is 11.1 Å². The molecule has 1 aromatic carbocycles. The Kier molecular flexibility index (Phi) is 4.33. The minimum atomic E-state index is -0.457. The highest BCUT2D eigenvalue weighted by Gasteiger charge is 2.25. The maximum Gasteiger partial charge on any atom is 0.269 e. The normalized spacial score (nSPS) is 18.9. The Morgan fingerprint density at radius 2 is 2.15 bits per heavy atom. The number of amides is 1. The number of nitrogens with one attached hydrogen (secondary N) is 1. The predicted octanol–water partition coefficient (Wildman–Crippen LogP) is 0.800. The SMILES string of the molecule is N[C@H](C#Cc1ccc([N+](=O)[O-])cc1)C[C@@H]1CCNC1=O. The van der Waals surface area contributed by atoms with E-state index in [0.29, 0.717) is 18.5 Å². The molecule has 1 amide bonds. The summed E-state index contributed by atoms with van der Waals surface area (Å²) in [6, 6.07) is 5.60. The van der Waals surface area contributed by atoms with Crippen LogP contribution in [0.5, 0.6) is 0 Å². The number of nitro benzene ring substituents is 1. The van der Waals surface area contributed by atoms with Gasteiger partial charge in [0.2, 0.25) is 5.91 Å². The van der Waals surface area contributed by atoms with Crippen molar-refractivity contribution < 1.29 is 9.72 Å². The highest BCUT2D eigenvalue weighted by Crippen LogP contribution is 2.15. The molecule has 0 aliphatic carbocycles. The van der Waals surface area contributed by atoms with E-state index in [9.17, 15) is 14.9 Å². The monoisotopic (exact) mass is 273 g/mol. The van der Waals surface area contributed by atoms with Gasteiger partial charge in [0.05, 0.1) is 11.0 Å². The summed E-state index contributed by atoms with van der Waals surface area (Å²) in [5.74, 6) is 5.72. The minimum absolute atomic E-state index is 0.0301. The van der Waals surface area contributed by atoms with Gasteiger partial charge in [0.1, 0.15) is 0 Å². The Labute approximate surface area is 116 Å². The number of benzene rings is 1. The summed E-state index contributed by atoms with van der Waals surface area (Å²) in [6.07, 6.45) is 1.33. The Hall–Kier alpha value is -2.39. The number of rotatable bonds is 3. The van der Waals surface area contributed by atoms with Gasteiger partial charge in [0, 0.05) is 30.2 Å². The molecular weight excluding hydrogens is 258 g/mol. The van der Waals surface area contributed by atoms with Crippen LogP contribution < -0.4 is 11.1 Å². The quantitative estimate of drug-likeness (QED) is 0.483. The van der Waals surface area contributed by atoms with E-state index in [0.717, 1.165) is 6.42 Å². The number of non-ortho nitro benzene ring substituents is 1. The number of carbonyl (C=O) groups excluding carboxylic acids is 1. The summed E-state index contributed by atoms with van der Waals surface area (Å²) in [5.41, 5.74) is 6.58. The fraction of sp³-hybridized carbons (Fsp3) is 0.357. The van der Waals surface area contributed by atoms with E-state index in [1.807, 2.05) is 0 Å². The first-order chi connectivity index (χ1) is 9.56. The third-order valence-corrected chi connectivity index (χ3v) is 3.18. The molecule has 1 aliphatic heterocycles. The maximum absolute atomic E-state index is 11.4. The molecule has 6 heteroatoms. The van der Waals surface area contributed by atoms with Gasteiger partial charge in [0.25, 0.3) is 5.69 Å². The topological polar surface area (TPSA) is 98.3 Å². The molecule has 6 nitrogen and oxygen atoms in total. The molecule has 2 rings (SSSR count). The molecule has 0 saturated carbocycles. The summed E-state index contributed by atoms with van der Waals surface area (Å²) in [5, 5.41) is 13.3. The second kappa shape index (κ2) is 6.17. The molecule has 1 aromatic rings. The number of nitro groups is 1. The molecule has 0 unspecified atom stereocenters. The second-order valence-corrected chi connectivity index (χ2v) is 4.69. The molecule has 20 heavy (non-hydrogen) atoms. The van der Waals surface area contributed by atoms with Crippen LogP contribution in [0.25, 0.3) is 0 Å². The first-order valence-corrected chi connectivity index (χ1v) is 6.35. The zero-order valence-corrected chi connectivity index (χ0v) is 10.8. The van der Waals surface area contributed by atoms with E-state index in [2.05, 4.69) is 17.2 Å². The lowest BCUT2D eigenvalue weighted by Crippen LogP contribution is -2.26. The van der Waals surface area contributed by atoms with E-state index in [-0.39, 0.29) is 23.6 Å². The molecule has 1 fully saturated rings. The molecule has 0 bridgehead atoms. The zero-order valence-electron chi connectivity index (χ0n) is 10.8. The van der Waals surface area contributed by atoms with Gasteiger partial charge in [0.15, 0.2) is 0 Å². The fourth-order valence-corrected chi connectivity index (χ4v) is 2.08. The highest BCUT2D eigenvalue weighted by atomic mass is 16.6. The standard InChI is InChI=1S/C14H15N3O3/c15-12(9-11-7-8-16-14(11)18)4-1-10-2-5-13(6-3-10)17(19)20/h2-3,5-6,11-12H,7-9,15H2,(H,16,18)/t11-,12+/m0/s1. The van der Waals surface area contributed by atoms with Crippen molar-refractivity contribution in [3.8, 4) is 11.8 Å². The maximum atomic E-state index is 11.4. The van der Waals surface area contributed by atoms with Crippen LogP contribution in [-0.4, -0.2) is 23.4 Å². The largest absolute Gasteiger partial charge is 0.356 e. The van der Waals surface area contributed by atoms with Crippen molar-refractivity contribution in [2.24, 2.45) is 11.7 Å². The molecule has 1 saturated heterocycles. The van der Waals surface area contributed by atoms with Crippen molar-refractivity contribution in [2.75, 3.05) is 6.54 Å². The molecule has 0 aromatic heterocycles. The summed E-state index contributed by atoms with van der Waals surface area (Å²) in [6.45, 7) is 0.700. The number of hydrogen-bond donors (Lipinski definition) is 2. The first-order valence-electron chi connectivity index (χ1n) is 6.35. The zero-order chi connectivity index (χ0) is 14.5. The smallest absolute Gasteiger partial charge is 0.269 e. The van der Waals surface area contributed by atoms with Crippen molar-refractivity contribution in [1.29, 1.82) is 0 Å². The van der Waals surface area contributed by atoms with Gasteiger partial charge in [-0.1, -0.05) is 11.8 Å². The van der Waals surface area contributed by atoms with Crippen LogP contribution in [0.4, 0.5) is 5.69 Å². The minimum Gasteiger partial charge on any atom is -0.356 e. The molecule has 3 N–H and O–H groups in total. The van der Waals surface area contributed by atoms with E-state index in [1.165, 1.54) is 12.1 Å². The van der Waals surface area contributed by atoms with Gasteiger partial charge in [-0.25, -0.2) is 0 Å². The van der Waals surface area contributed by atoms with Crippen LogP contribution in [0, 0.1) is 27.9 Å². The van der Waals surface area contributed by atoms with Gasteiger partial charge >= 0.3 is 0 Å². The highest BCUT2D eigenvalue weighted by molar-refractivity contribution is 5.80. The number of hydrogen-bond acceptors (Lipinski definition) is 4. The lowest BCUT2D eigenvalue weighted by Gasteiger charge is -2.08. The van der Waals surface area contributed by atoms with Crippen molar-refractivity contribution in [3.63, 3.8) is 0 Å². The molecule has 1 heterocycles. The second-order valence-electron chi connectivity index (χ2n) is 4.69. The van der Waals surface area contributed by atoms with Crippen molar-refractivity contribution in [3.05, 3.63) is 39.9 Å². The Bertz CT molecular complexity index is 572. The third-order valence-electron chi connectivity index (χ3n) is 3.18. The Balaban J connectivity index is 1.95. The average molecular weight is 273 g/mol. The number of nitrogens with two attached hydrogens (primary N) is 1. The predicted molar refractivity (Wildman–Crippen MR) is 73.7 cm³/mol. The first kappa shape index (κ1) is 14.0. The van der Waals surface area contributed by atoms with Crippen molar-refractivity contribution >= 4 is 11.6 Å². The van der Waals surface area contributed by atoms with E-state index < -0.39 is 4.92 Å². The van der Waals surface area contributed by atoms with Crippen LogP contribution >= 0.6 is 0 Å². The summed E-state index contributed by atoms with van der Waals surface area (Å²) < 4.78 is 0. The van der Waals surface area contributed by atoms with Crippen LogP contribution in [0.15, 0.2) is 24.3 Å². The molecule has 0 spiro atoms. The van der Waals surface area contributed by atoms with Crippen LogP contribution in [0.1, 0.15) is 18.4 Å². The van der Waals surface area contributed by atoms with E-state index >= 15 is 0 Å². The average Bonchev–Trinajstić information content (AvgIpc) is 2.82. The van der Waals surface area contributed by atoms with Crippen molar-refractivity contribution in [1.82, 2.24) is 5.32 Å².